The first kappa shape index (κ1) is 17.5. The lowest BCUT2D eigenvalue weighted by atomic mass is 9.91. The Morgan fingerprint density at radius 3 is 2.85 bits per heavy atom. The molecule has 27 heavy (non-hydrogen) atoms. The SMILES string of the molecule is CNc1nc2c(s1)C(c1ccccc1OCc1ccccc1F)CC(=O)N2. The van der Waals surface area contributed by atoms with Crippen LogP contribution in [0.1, 0.15) is 28.3 Å². The van der Waals surface area contributed by atoms with Crippen LogP contribution in [0.5, 0.6) is 5.75 Å². The van der Waals surface area contributed by atoms with Gasteiger partial charge in [0.15, 0.2) is 5.13 Å². The summed E-state index contributed by atoms with van der Waals surface area (Å²) in [5.74, 6) is 0.713. The third-order valence-corrected chi connectivity index (χ3v) is 5.65. The summed E-state index contributed by atoms with van der Waals surface area (Å²) in [4.78, 5) is 17.6. The molecule has 0 fully saturated rings. The Hall–Kier alpha value is -2.93. The average molecular weight is 383 g/mol. The zero-order valence-corrected chi connectivity index (χ0v) is 15.5. The van der Waals surface area contributed by atoms with Gasteiger partial charge in [-0.1, -0.05) is 47.7 Å². The van der Waals surface area contributed by atoms with Gasteiger partial charge in [-0.25, -0.2) is 9.37 Å². The lowest BCUT2D eigenvalue weighted by molar-refractivity contribution is -0.116. The second-order valence-corrected chi connectivity index (χ2v) is 7.24. The molecule has 2 heterocycles. The Kier molecular flexibility index (Phi) is 4.77. The molecule has 3 aromatic rings. The fraction of sp³-hybridized carbons (Fsp3) is 0.200. The molecule has 0 bridgehead atoms. The first-order chi connectivity index (χ1) is 13.2. The number of anilines is 2. The van der Waals surface area contributed by atoms with Gasteiger partial charge in [0, 0.05) is 30.5 Å². The molecule has 0 saturated heterocycles. The molecule has 5 nitrogen and oxygen atoms in total. The van der Waals surface area contributed by atoms with Crippen LogP contribution in [0.2, 0.25) is 0 Å². The molecule has 138 valence electrons. The van der Waals surface area contributed by atoms with Gasteiger partial charge >= 0.3 is 0 Å². The van der Waals surface area contributed by atoms with Gasteiger partial charge in [0.25, 0.3) is 0 Å². The van der Waals surface area contributed by atoms with E-state index in [9.17, 15) is 9.18 Å². The smallest absolute Gasteiger partial charge is 0.226 e. The first-order valence-electron chi connectivity index (χ1n) is 8.59. The van der Waals surface area contributed by atoms with Crippen molar-refractivity contribution in [2.75, 3.05) is 17.7 Å². The molecule has 1 aliphatic heterocycles. The highest BCUT2D eigenvalue weighted by Gasteiger charge is 2.32. The van der Waals surface area contributed by atoms with Crippen molar-refractivity contribution in [2.24, 2.45) is 0 Å². The second kappa shape index (κ2) is 7.36. The third-order valence-electron chi connectivity index (χ3n) is 4.47. The number of aromatic nitrogens is 1. The van der Waals surface area contributed by atoms with E-state index in [1.807, 2.05) is 24.3 Å². The maximum absolute atomic E-state index is 13.9. The van der Waals surface area contributed by atoms with Crippen LogP contribution < -0.4 is 15.4 Å². The number of hydrogen-bond acceptors (Lipinski definition) is 5. The standard InChI is InChI=1S/C20H18FN3O2S/c1-22-20-24-19-18(27-20)14(10-17(25)23-19)13-7-3-5-9-16(13)26-11-12-6-2-4-8-15(12)21/h2-9,14H,10-11H2,1H3,(H,22,24)(H,23,25). The third kappa shape index (κ3) is 3.50. The number of benzene rings is 2. The van der Waals surface area contributed by atoms with E-state index < -0.39 is 0 Å². The zero-order valence-electron chi connectivity index (χ0n) is 14.7. The highest BCUT2D eigenvalue weighted by molar-refractivity contribution is 7.16. The molecule has 1 aliphatic rings. The summed E-state index contributed by atoms with van der Waals surface area (Å²) >= 11 is 1.51. The average Bonchev–Trinajstić information content (AvgIpc) is 3.10. The number of nitrogens with zero attached hydrogens (tertiary/aromatic N) is 1. The summed E-state index contributed by atoms with van der Waals surface area (Å²) in [6.07, 6.45) is 0.318. The minimum Gasteiger partial charge on any atom is -0.488 e. The van der Waals surface area contributed by atoms with Crippen molar-refractivity contribution in [3.63, 3.8) is 0 Å². The number of thiazole rings is 1. The Bertz CT molecular complexity index is 989. The van der Waals surface area contributed by atoms with Gasteiger partial charge in [-0.3, -0.25) is 4.79 Å². The largest absolute Gasteiger partial charge is 0.488 e. The second-order valence-electron chi connectivity index (χ2n) is 6.20. The van der Waals surface area contributed by atoms with Gasteiger partial charge < -0.3 is 15.4 Å². The van der Waals surface area contributed by atoms with Gasteiger partial charge in [-0.15, -0.1) is 0 Å². The van der Waals surface area contributed by atoms with Crippen LogP contribution in [0, 0.1) is 5.82 Å². The van der Waals surface area contributed by atoms with Crippen molar-refractivity contribution in [3.05, 3.63) is 70.4 Å². The highest BCUT2D eigenvalue weighted by atomic mass is 32.1. The lowest BCUT2D eigenvalue weighted by Crippen LogP contribution is -2.23. The monoisotopic (exact) mass is 383 g/mol. The Morgan fingerprint density at radius 2 is 2.04 bits per heavy atom. The predicted molar refractivity (Wildman–Crippen MR) is 104 cm³/mol. The summed E-state index contributed by atoms with van der Waals surface area (Å²) in [6.45, 7) is 0.125. The van der Waals surface area contributed by atoms with Crippen molar-refractivity contribution >= 4 is 28.2 Å². The maximum Gasteiger partial charge on any atom is 0.226 e. The molecule has 4 rings (SSSR count). The highest BCUT2D eigenvalue weighted by Crippen LogP contribution is 2.44. The van der Waals surface area contributed by atoms with E-state index in [-0.39, 0.29) is 24.2 Å². The molecule has 2 aromatic carbocycles. The van der Waals surface area contributed by atoms with Crippen molar-refractivity contribution < 1.29 is 13.9 Å². The maximum atomic E-state index is 13.9. The number of nitrogens with one attached hydrogen (secondary N) is 2. The molecule has 0 spiro atoms. The molecule has 7 heteroatoms. The van der Waals surface area contributed by atoms with E-state index in [1.165, 1.54) is 17.4 Å². The fourth-order valence-corrected chi connectivity index (χ4v) is 4.14. The van der Waals surface area contributed by atoms with Crippen LogP contribution in [0.15, 0.2) is 48.5 Å². The normalized spacial score (nSPS) is 15.8. The van der Waals surface area contributed by atoms with Crippen LogP contribution >= 0.6 is 11.3 Å². The Balaban J connectivity index is 1.66. The molecule has 1 atom stereocenters. The predicted octanol–water partition coefficient (Wildman–Crippen LogP) is 4.38. The fourth-order valence-electron chi connectivity index (χ4n) is 3.15. The first-order valence-corrected chi connectivity index (χ1v) is 9.41. The number of para-hydroxylation sites is 1. The minimum atomic E-state index is -0.296. The van der Waals surface area contributed by atoms with Crippen molar-refractivity contribution in [2.45, 2.75) is 18.9 Å². The Labute approximate surface area is 160 Å². The molecular formula is C20H18FN3O2S. The van der Waals surface area contributed by atoms with Crippen molar-refractivity contribution in [1.82, 2.24) is 4.98 Å². The van der Waals surface area contributed by atoms with Gasteiger partial charge in [0.2, 0.25) is 5.91 Å². The van der Waals surface area contributed by atoms with Gasteiger partial charge in [-0.2, -0.15) is 0 Å². The summed E-state index contributed by atoms with van der Waals surface area (Å²) in [5, 5.41) is 6.60. The van der Waals surface area contributed by atoms with Crippen molar-refractivity contribution in [1.29, 1.82) is 0 Å². The Morgan fingerprint density at radius 1 is 1.26 bits per heavy atom. The zero-order chi connectivity index (χ0) is 18.8. The number of fused-ring (bicyclic) bond motifs is 1. The molecule has 1 amide bonds. The molecule has 0 aliphatic carbocycles. The van der Waals surface area contributed by atoms with Crippen LogP contribution in [-0.2, 0) is 11.4 Å². The minimum absolute atomic E-state index is 0.0793. The van der Waals surface area contributed by atoms with Gasteiger partial charge in [0.05, 0.1) is 4.88 Å². The number of rotatable bonds is 5. The van der Waals surface area contributed by atoms with Gasteiger partial charge in [0.1, 0.15) is 24.0 Å². The van der Waals surface area contributed by atoms with E-state index in [0.29, 0.717) is 23.6 Å². The number of hydrogen-bond donors (Lipinski definition) is 2. The van der Waals surface area contributed by atoms with Crippen molar-refractivity contribution in [3.8, 4) is 5.75 Å². The number of halogens is 1. The molecule has 0 saturated carbocycles. The van der Waals surface area contributed by atoms with Crippen LogP contribution in [-0.4, -0.2) is 17.9 Å². The number of amides is 1. The summed E-state index contributed by atoms with van der Waals surface area (Å²) in [5.41, 5.74) is 1.39. The molecule has 1 unspecified atom stereocenters. The summed E-state index contributed by atoms with van der Waals surface area (Å²) in [7, 11) is 1.80. The summed E-state index contributed by atoms with van der Waals surface area (Å²) < 4.78 is 19.8. The molecule has 2 N–H and O–H groups in total. The van der Waals surface area contributed by atoms with Crippen LogP contribution in [0.4, 0.5) is 15.3 Å². The van der Waals surface area contributed by atoms with E-state index in [0.717, 1.165) is 15.6 Å². The number of carbonyl (C=O) groups is 1. The summed E-state index contributed by atoms with van der Waals surface area (Å²) in [6, 6.07) is 14.1. The van der Waals surface area contributed by atoms with E-state index in [2.05, 4.69) is 15.6 Å². The topological polar surface area (TPSA) is 63.3 Å². The van der Waals surface area contributed by atoms with E-state index >= 15 is 0 Å². The molecule has 0 radical (unpaired) electrons. The molecule has 1 aromatic heterocycles. The van der Waals surface area contributed by atoms with E-state index in [1.54, 1.807) is 25.2 Å². The number of ether oxygens (including phenoxy) is 1. The van der Waals surface area contributed by atoms with Crippen LogP contribution in [0.25, 0.3) is 0 Å². The number of carbonyl (C=O) groups excluding carboxylic acids is 1. The lowest BCUT2D eigenvalue weighted by Gasteiger charge is -2.23. The quantitative estimate of drug-likeness (QED) is 0.686. The van der Waals surface area contributed by atoms with Crippen LogP contribution in [0.3, 0.4) is 0 Å². The molecular weight excluding hydrogens is 365 g/mol. The van der Waals surface area contributed by atoms with E-state index in [4.69, 9.17) is 4.74 Å². The van der Waals surface area contributed by atoms with Gasteiger partial charge in [-0.05, 0) is 12.1 Å².